The van der Waals surface area contributed by atoms with Gasteiger partial charge in [-0.3, -0.25) is 4.79 Å². The van der Waals surface area contributed by atoms with Gasteiger partial charge in [-0.1, -0.05) is 11.6 Å². The van der Waals surface area contributed by atoms with Crippen molar-refractivity contribution in [2.45, 2.75) is 13.5 Å². The van der Waals surface area contributed by atoms with E-state index >= 15 is 0 Å². The fourth-order valence-electron chi connectivity index (χ4n) is 1.86. The van der Waals surface area contributed by atoms with Gasteiger partial charge in [-0.25, -0.2) is 9.18 Å². The molecule has 0 atom stereocenters. The number of hydrogen-bond donors (Lipinski definition) is 0. The zero-order valence-electron chi connectivity index (χ0n) is 9.94. The third-order valence-corrected chi connectivity index (χ3v) is 3.08. The first-order valence-corrected chi connectivity index (χ1v) is 5.80. The highest BCUT2D eigenvalue weighted by Gasteiger charge is 2.16. The van der Waals surface area contributed by atoms with E-state index in [1.54, 1.807) is 11.5 Å². The van der Waals surface area contributed by atoms with Gasteiger partial charge in [0.2, 0.25) is 5.43 Å². The van der Waals surface area contributed by atoms with Crippen LogP contribution in [0.5, 0.6) is 0 Å². The smallest absolute Gasteiger partial charge is 0.378 e. The molecular weight excluding hydrogens is 271 g/mol. The highest BCUT2D eigenvalue weighted by Crippen LogP contribution is 2.21. The third kappa shape index (κ3) is 2.23. The van der Waals surface area contributed by atoms with E-state index in [0.29, 0.717) is 12.1 Å². The molecule has 2 rings (SSSR count). The highest BCUT2D eigenvalue weighted by molar-refractivity contribution is 6.31. The molecule has 0 saturated carbocycles. The molecule has 2 radical (unpaired) electrons. The molecule has 0 fully saturated rings. The molecule has 0 aliphatic heterocycles. The molecular formula is C12H8BClFNO3. The van der Waals surface area contributed by atoms with Gasteiger partial charge in [0.25, 0.3) is 0 Å². The lowest BCUT2D eigenvalue weighted by atomic mass is 10.1. The van der Waals surface area contributed by atoms with Gasteiger partial charge in [0.1, 0.15) is 11.4 Å². The molecule has 0 saturated heterocycles. The Bertz CT molecular complexity index is 729. The molecule has 1 aromatic carbocycles. The zero-order chi connectivity index (χ0) is 14.2. The van der Waals surface area contributed by atoms with Gasteiger partial charge < -0.3 is 9.22 Å². The largest absolute Gasteiger partial charge is 0.540 e. The quantitative estimate of drug-likeness (QED) is 0.791. The summed E-state index contributed by atoms with van der Waals surface area (Å²) in [6.07, 6.45) is 1.31. The van der Waals surface area contributed by atoms with E-state index in [4.69, 9.17) is 19.7 Å². The minimum absolute atomic E-state index is 0.0478. The first-order valence-electron chi connectivity index (χ1n) is 5.42. The van der Waals surface area contributed by atoms with Gasteiger partial charge in [0.15, 0.2) is 0 Å². The summed E-state index contributed by atoms with van der Waals surface area (Å²) in [5.74, 6) is -1.70. The average molecular weight is 279 g/mol. The number of nitrogens with zero attached hydrogens (tertiary/aromatic N) is 1. The Kier molecular flexibility index (Phi) is 3.62. The van der Waals surface area contributed by atoms with Crippen molar-refractivity contribution in [3.63, 3.8) is 0 Å². The van der Waals surface area contributed by atoms with E-state index < -0.39 is 17.2 Å². The molecule has 7 heteroatoms. The number of halogens is 2. The molecule has 0 N–H and O–H groups in total. The number of aromatic nitrogens is 1. The first-order chi connectivity index (χ1) is 8.99. The van der Waals surface area contributed by atoms with Gasteiger partial charge in [-0.15, -0.1) is 0 Å². The van der Waals surface area contributed by atoms with E-state index in [9.17, 15) is 14.0 Å². The van der Waals surface area contributed by atoms with Gasteiger partial charge in [-0.05, 0) is 19.1 Å². The molecule has 0 unspecified atom stereocenters. The molecule has 0 aliphatic carbocycles. The summed E-state index contributed by atoms with van der Waals surface area (Å²) < 4.78 is 19.1. The Labute approximate surface area is 114 Å². The molecule has 1 aromatic heterocycles. The highest BCUT2D eigenvalue weighted by atomic mass is 35.5. The lowest BCUT2D eigenvalue weighted by Crippen LogP contribution is -2.20. The van der Waals surface area contributed by atoms with Crippen LogP contribution in [0.3, 0.4) is 0 Å². The maximum absolute atomic E-state index is 13.5. The van der Waals surface area contributed by atoms with Gasteiger partial charge in [0, 0.05) is 18.1 Å². The molecule has 0 spiro atoms. The van der Waals surface area contributed by atoms with Crippen LogP contribution in [0.15, 0.2) is 23.1 Å². The monoisotopic (exact) mass is 279 g/mol. The molecule has 4 nitrogen and oxygen atoms in total. The van der Waals surface area contributed by atoms with Gasteiger partial charge >= 0.3 is 14.0 Å². The number of aryl methyl sites for hydroxylation is 1. The van der Waals surface area contributed by atoms with E-state index in [1.165, 1.54) is 12.3 Å². The second-order valence-electron chi connectivity index (χ2n) is 3.85. The van der Waals surface area contributed by atoms with Crippen LogP contribution in [-0.2, 0) is 11.2 Å². The molecule has 2 aromatic rings. The lowest BCUT2D eigenvalue weighted by molar-refractivity contribution is 0.0747. The number of carbonyl (C=O) groups excluding carboxylic acids is 1. The van der Waals surface area contributed by atoms with Crippen LogP contribution in [-0.4, -0.2) is 18.6 Å². The Morgan fingerprint density at radius 1 is 1.53 bits per heavy atom. The molecule has 0 bridgehead atoms. The summed E-state index contributed by atoms with van der Waals surface area (Å²) in [5.41, 5.74) is -0.461. The lowest BCUT2D eigenvalue weighted by Gasteiger charge is -2.11. The van der Waals surface area contributed by atoms with Crippen molar-refractivity contribution in [1.29, 1.82) is 0 Å². The topological polar surface area (TPSA) is 48.3 Å². The molecule has 0 amide bonds. The number of hydrogen-bond acceptors (Lipinski definition) is 3. The number of fused-ring (bicyclic) bond motifs is 1. The fourth-order valence-corrected chi connectivity index (χ4v) is 2.01. The Hall–Kier alpha value is -1.82. The van der Waals surface area contributed by atoms with Gasteiger partial charge in [0.05, 0.1) is 10.5 Å². The van der Waals surface area contributed by atoms with Crippen LogP contribution in [0, 0.1) is 5.82 Å². The summed E-state index contributed by atoms with van der Waals surface area (Å²) in [7, 11) is 4.77. The normalized spacial score (nSPS) is 10.7. The summed E-state index contributed by atoms with van der Waals surface area (Å²) in [4.78, 5) is 23.5. The Morgan fingerprint density at radius 3 is 2.79 bits per heavy atom. The van der Waals surface area contributed by atoms with E-state index in [2.05, 4.69) is 4.65 Å². The van der Waals surface area contributed by atoms with Crippen LogP contribution in [0.4, 0.5) is 4.39 Å². The molecule has 96 valence electrons. The van der Waals surface area contributed by atoms with Crippen LogP contribution >= 0.6 is 11.6 Å². The summed E-state index contributed by atoms with van der Waals surface area (Å²) in [5, 5.41) is -0.0464. The van der Waals surface area contributed by atoms with Crippen LogP contribution < -0.4 is 5.43 Å². The van der Waals surface area contributed by atoms with Crippen molar-refractivity contribution in [2.24, 2.45) is 0 Å². The standard InChI is InChI=1S/C12H8BClFNO3/c1-2-16-5-7(12(18)19-13)11(17)6-3-9(15)8(14)4-10(6)16/h3-5H,2H2,1H3. The second kappa shape index (κ2) is 5.05. The van der Waals surface area contributed by atoms with E-state index in [1.807, 2.05) is 0 Å². The van der Waals surface area contributed by atoms with E-state index in [0.717, 1.165) is 6.07 Å². The summed E-state index contributed by atoms with van der Waals surface area (Å²) in [6.45, 7) is 2.27. The van der Waals surface area contributed by atoms with Crippen LogP contribution in [0.2, 0.25) is 5.02 Å². The van der Waals surface area contributed by atoms with Crippen molar-refractivity contribution >= 4 is 36.5 Å². The third-order valence-electron chi connectivity index (χ3n) is 2.79. The Balaban J connectivity index is 2.92. The summed E-state index contributed by atoms with van der Waals surface area (Å²) in [6, 6.07) is 2.34. The predicted octanol–water partition coefficient (Wildman–Crippen LogP) is 2.05. The summed E-state index contributed by atoms with van der Waals surface area (Å²) >= 11 is 5.70. The van der Waals surface area contributed by atoms with Crippen LogP contribution in [0.1, 0.15) is 17.3 Å². The number of benzene rings is 1. The Morgan fingerprint density at radius 2 is 2.21 bits per heavy atom. The number of rotatable bonds is 2. The average Bonchev–Trinajstić information content (AvgIpc) is 2.41. The van der Waals surface area contributed by atoms with Crippen molar-refractivity contribution in [3.05, 3.63) is 45.0 Å². The molecule has 1 heterocycles. The molecule has 19 heavy (non-hydrogen) atoms. The van der Waals surface area contributed by atoms with Gasteiger partial charge in [-0.2, -0.15) is 0 Å². The fraction of sp³-hybridized carbons (Fsp3) is 0.167. The zero-order valence-corrected chi connectivity index (χ0v) is 10.7. The van der Waals surface area contributed by atoms with Crippen molar-refractivity contribution in [3.8, 4) is 0 Å². The minimum Gasteiger partial charge on any atom is -0.540 e. The second-order valence-corrected chi connectivity index (χ2v) is 4.25. The number of pyridine rings is 1. The van der Waals surface area contributed by atoms with E-state index in [-0.39, 0.29) is 16.0 Å². The van der Waals surface area contributed by atoms with Crippen LogP contribution in [0.25, 0.3) is 10.9 Å². The maximum Gasteiger partial charge on any atom is 0.378 e. The predicted molar refractivity (Wildman–Crippen MR) is 70.0 cm³/mol. The maximum atomic E-state index is 13.5. The van der Waals surface area contributed by atoms with Crippen molar-refractivity contribution in [2.75, 3.05) is 0 Å². The minimum atomic E-state index is -0.968. The number of carbonyl (C=O) groups is 1. The van der Waals surface area contributed by atoms with Crippen molar-refractivity contribution < 1.29 is 13.8 Å². The first kappa shape index (κ1) is 13.6. The molecule has 0 aliphatic rings. The SMILES string of the molecule is [B]OC(=O)c1cn(CC)c2cc(Cl)c(F)cc2c1=O. The van der Waals surface area contributed by atoms with Crippen molar-refractivity contribution in [1.82, 2.24) is 4.57 Å².